The van der Waals surface area contributed by atoms with Gasteiger partial charge in [-0.2, -0.15) is 5.10 Å². The van der Waals surface area contributed by atoms with Gasteiger partial charge in [0.1, 0.15) is 6.04 Å². The molecule has 1 amide bonds. The van der Waals surface area contributed by atoms with Gasteiger partial charge >= 0.3 is 0 Å². The zero-order chi connectivity index (χ0) is 17.1. The minimum absolute atomic E-state index is 0.152. The number of carbonyl (C=O) groups excluding carboxylic acids is 1. The number of carbonyl (C=O) groups is 1. The van der Waals surface area contributed by atoms with E-state index in [1.54, 1.807) is 4.90 Å². The third-order valence-electron chi connectivity index (χ3n) is 4.99. The lowest BCUT2D eigenvalue weighted by Gasteiger charge is -2.38. The molecule has 0 saturated carbocycles. The quantitative estimate of drug-likeness (QED) is 0.940. The predicted molar refractivity (Wildman–Crippen MR) is 94.7 cm³/mol. The molecule has 5 nitrogen and oxygen atoms in total. The van der Waals surface area contributed by atoms with Crippen LogP contribution in [0.1, 0.15) is 41.6 Å². The SMILES string of the molecule is Cc1[nH]ncc1C1CCN(C(C(=O)N(C)C)c2ccccc2)CC1. The molecule has 0 aliphatic carbocycles. The van der Waals surface area contributed by atoms with Gasteiger partial charge in [-0.05, 0) is 49.9 Å². The summed E-state index contributed by atoms with van der Waals surface area (Å²) >= 11 is 0. The van der Waals surface area contributed by atoms with Gasteiger partial charge in [-0.25, -0.2) is 0 Å². The summed E-state index contributed by atoms with van der Waals surface area (Å²) in [5.74, 6) is 0.685. The molecule has 3 rings (SSSR count). The van der Waals surface area contributed by atoms with Gasteiger partial charge in [0, 0.05) is 19.8 Å². The number of nitrogens with zero attached hydrogens (tertiary/aromatic N) is 3. The highest BCUT2D eigenvalue weighted by Gasteiger charge is 2.32. The largest absolute Gasteiger partial charge is 0.347 e. The van der Waals surface area contributed by atoms with Gasteiger partial charge in [-0.3, -0.25) is 14.8 Å². The fraction of sp³-hybridized carbons (Fsp3) is 0.474. The Morgan fingerprint density at radius 1 is 1.25 bits per heavy atom. The molecule has 128 valence electrons. The van der Waals surface area contributed by atoms with Crippen LogP contribution in [0.2, 0.25) is 0 Å². The van der Waals surface area contributed by atoms with Crippen LogP contribution in [-0.4, -0.2) is 53.1 Å². The lowest BCUT2D eigenvalue weighted by molar-refractivity contribution is -0.135. The van der Waals surface area contributed by atoms with E-state index in [0.717, 1.165) is 37.2 Å². The highest BCUT2D eigenvalue weighted by molar-refractivity contribution is 5.82. The Kier molecular flexibility index (Phi) is 5.00. The number of nitrogens with one attached hydrogen (secondary N) is 1. The Labute approximate surface area is 143 Å². The third-order valence-corrected chi connectivity index (χ3v) is 4.99. The lowest BCUT2D eigenvalue weighted by atomic mass is 9.88. The molecular formula is C19H26N4O. The summed E-state index contributed by atoms with van der Waals surface area (Å²) in [4.78, 5) is 16.8. The second-order valence-electron chi connectivity index (χ2n) is 6.81. The predicted octanol–water partition coefficient (Wildman–Crippen LogP) is 2.73. The Bertz CT molecular complexity index is 672. The Morgan fingerprint density at radius 3 is 2.46 bits per heavy atom. The van der Waals surface area contributed by atoms with E-state index < -0.39 is 0 Å². The van der Waals surface area contributed by atoms with E-state index in [4.69, 9.17) is 0 Å². The molecular weight excluding hydrogens is 300 g/mol. The van der Waals surface area contributed by atoms with E-state index in [9.17, 15) is 4.79 Å². The number of likely N-dealkylation sites (N-methyl/N-ethyl adjacent to an activating group) is 1. The summed E-state index contributed by atoms with van der Waals surface area (Å²) in [5.41, 5.74) is 3.57. The van der Waals surface area contributed by atoms with Crippen molar-refractivity contribution in [2.75, 3.05) is 27.2 Å². The summed E-state index contributed by atoms with van der Waals surface area (Å²) in [7, 11) is 3.67. The van der Waals surface area contributed by atoms with Crippen molar-refractivity contribution in [2.24, 2.45) is 0 Å². The van der Waals surface area contributed by atoms with Crippen LogP contribution >= 0.6 is 0 Å². The Hall–Kier alpha value is -2.14. The molecule has 2 aromatic rings. The van der Waals surface area contributed by atoms with Crippen LogP contribution < -0.4 is 0 Å². The van der Waals surface area contributed by atoms with Crippen LogP contribution in [0, 0.1) is 6.92 Å². The summed E-state index contributed by atoms with van der Waals surface area (Å²) in [6.07, 6.45) is 4.07. The molecule has 5 heteroatoms. The zero-order valence-electron chi connectivity index (χ0n) is 14.7. The number of aromatic nitrogens is 2. The number of piperidine rings is 1. The van der Waals surface area contributed by atoms with E-state index in [0.29, 0.717) is 5.92 Å². The minimum Gasteiger partial charge on any atom is -0.347 e. The number of hydrogen-bond donors (Lipinski definition) is 1. The lowest BCUT2D eigenvalue weighted by Crippen LogP contribution is -2.43. The van der Waals surface area contributed by atoms with Crippen molar-refractivity contribution in [2.45, 2.75) is 31.7 Å². The van der Waals surface area contributed by atoms with Gasteiger partial charge in [0.2, 0.25) is 5.91 Å². The van der Waals surface area contributed by atoms with Crippen molar-refractivity contribution in [3.05, 3.63) is 53.3 Å². The molecule has 1 N–H and O–H groups in total. The number of benzene rings is 1. The van der Waals surface area contributed by atoms with E-state index in [1.807, 2.05) is 38.5 Å². The van der Waals surface area contributed by atoms with Crippen LogP contribution in [0.5, 0.6) is 0 Å². The van der Waals surface area contributed by atoms with E-state index in [1.165, 1.54) is 5.56 Å². The summed E-state index contributed by atoms with van der Waals surface area (Å²) in [6.45, 7) is 3.93. The van der Waals surface area contributed by atoms with Crippen LogP contribution in [0.25, 0.3) is 0 Å². The fourth-order valence-corrected chi connectivity index (χ4v) is 3.63. The molecule has 0 spiro atoms. The summed E-state index contributed by atoms with van der Waals surface area (Å²) in [5, 5.41) is 7.19. The number of rotatable bonds is 4. The maximum absolute atomic E-state index is 12.8. The molecule has 1 aromatic heterocycles. The average molecular weight is 326 g/mol. The fourth-order valence-electron chi connectivity index (χ4n) is 3.63. The summed E-state index contributed by atoms with van der Waals surface area (Å²) in [6, 6.07) is 9.93. The first-order valence-corrected chi connectivity index (χ1v) is 8.58. The Balaban J connectivity index is 1.76. The van der Waals surface area contributed by atoms with E-state index >= 15 is 0 Å². The third kappa shape index (κ3) is 3.36. The molecule has 1 unspecified atom stereocenters. The highest BCUT2D eigenvalue weighted by atomic mass is 16.2. The van der Waals surface area contributed by atoms with Gasteiger partial charge < -0.3 is 4.90 Å². The van der Waals surface area contributed by atoms with Crippen LogP contribution in [0.15, 0.2) is 36.5 Å². The monoisotopic (exact) mass is 326 g/mol. The average Bonchev–Trinajstić information content (AvgIpc) is 3.02. The number of H-pyrrole nitrogens is 1. The van der Waals surface area contributed by atoms with Crippen LogP contribution in [-0.2, 0) is 4.79 Å². The van der Waals surface area contributed by atoms with Gasteiger partial charge in [-0.15, -0.1) is 0 Å². The van der Waals surface area contributed by atoms with Crippen molar-refractivity contribution in [1.29, 1.82) is 0 Å². The molecule has 1 aliphatic heterocycles. The molecule has 24 heavy (non-hydrogen) atoms. The molecule has 0 bridgehead atoms. The van der Waals surface area contributed by atoms with Gasteiger partial charge in [-0.1, -0.05) is 30.3 Å². The minimum atomic E-state index is -0.187. The van der Waals surface area contributed by atoms with Gasteiger partial charge in [0.15, 0.2) is 0 Å². The number of aryl methyl sites for hydroxylation is 1. The van der Waals surface area contributed by atoms with Gasteiger partial charge in [0.25, 0.3) is 0 Å². The van der Waals surface area contributed by atoms with Crippen LogP contribution in [0.4, 0.5) is 0 Å². The standard InChI is InChI=1S/C19H26N4O/c1-14-17(13-20-21-14)15-9-11-23(12-10-15)18(19(24)22(2)3)16-7-5-4-6-8-16/h4-8,13,15,18H,9-12H2,1-3H3,(H,20,21). The molecule has 1 saturated heterocycles. The number of amides is 1. The number of aromatic amines is 1. The first-order valence-electron chi connectivity index (χ1n) is 8.58. The normalized spacial score (nSPS) is 17.6. The molecule has 1 fully saturated rings. The summed E-state index contributed by atoms with van der Waals surface area (Å²) < 4.78 is 0. The highest BCUT2D eigenvalue weighted by Crippen LogP contribution is 2.33. The van der Waals surface area contributed by atoms with Crippen LogP contribution in [0.3, 0.4) is 0 Å². The van der Waals surface area contributed by atoms with Crippen molar-refractivity contribution in [3.63, 3.8) is 0 Å². The molecule has 1 aliphatic rings. The van der Waals surface area contributed by atoms with Gasteiger partial charge in [0.05, 0.1) is 6.20 Å². The molecule has 1 aromatic carbocycles. The molecule has 0 radical (unpaired) electrons. The topological polar surface area (TPSA) is 52.2 Å². The van der Waals surface area contributed by atoms with Crippen molar-refractivity contribution in [3.8, 4) is 0 Å². The second kappa shape index (κ2) is 7.18. The first-order chi connectivity index (χ1) is 11.6. The maximum Gasteiger partial charge on any atom is 0.244 e. The van der Waals surface area contributed by atoms with E-state index in [2.05, 4.69) is 34.2 Å². The van der Waals surface area contributed by atoms with Crippen molar-refractivity contribution < 1.29 is 4.79 Å². The first kappa shape index (κ1) is 16.7. The molecule has 2 heterocycles. The Morgan fingerprint density at radius 2 is 1.92 bits per heavy atom. The maximum atomic E-state index is 12.8. The number of likely N-dealkylation sites (tertiary alicyclic amines) is 1. The molecule has 1 atom stereocenters. The smallest absolute Gasteiger partial charge is 0.244 e. The zero-order valence-corrected chi connectivity index (χ0v) is 14.7. The van der Waals surface area contributed by atoms with Crippen molar-refractivity contribution >= 4 is 5.91 Å². The van der Waals surface area contributed by atoms with Crippen molar-refractivity contribution in [1.82, 2.24) is 20.0 Å². The second-order valence-corrected chi connectivity index (χ2v) is 6.81. The van der Waals surface area contributed by atoms with E-state index in [-0.39, 0.29) is 11.9 Å². The number of hydrogen-bond acceptors (Lipinski definition) is 3.